The standard InChI is InChI=1S/C11H11NO6/c1-6-3-8(5-10(14)15)4-9(18-7(2)13)11(6)12(16)17/h3-4H,5H2,1-2H3,(H,14,15). The van der Waals surface area contributed by atoms with Gasteiger partial charge in [0.25, 0.3) is 0 Å². The van der Waals surface area contributed by atoms with Crippen molar-refractivity contribution < 1.29 is 24.4 Å². The molecule has 0 amide bonds. The SMILES string of the molecule is CC(=O)Oc1cc(CC(=O)O)cc(C)c1[N+](=O)[O-]. The summed E-state index contributed by atoms with van der Waals surface area (Å²) >= 11 is 0. The zero-order valence-corrected chi connectivity index (χ0v) is 9.80. The summed E-state index contributed by atoms with van der Waals surface area (Å²) in [5, 5.41) is 19.5. The number of carbonyl (C=O) groups is 2. The second kappa shape index (κ2) is 5.26. The van der Waals surface area contributed by atoms with E-state index in [0.717, 1.165) is 6.92 Å². The highest BCUT2D eigenvalue weighted by atomic mass is 16.6. The van der Waals surface area contributed by atoms with Crippen molar-refractivity contribution in [1.82, 2.24) is 0 Å². The minimum Gasteiger partial charge on any atom is -0.481 e. The lowest BCUT2D eigenvalue weighted by Crippen LogP contribution is -2.07. The first-order chi connectivity index (χ1) is 8.31. The number of rotatable bonds is 4. The molecule has 0 aromatic heterocycles. The van der Waals surface area contributed by atoms with Gasteiger partial charge in [-0.15, -0.1) is 0 Å². The topological polar surface area (TPSA) is 107 Å². The normalized spacial score (nSPS) is 9.89. The molecule has 0 aliphatic rings. The fourth-order valence-corrected chi connectivity index (χ4v) is 1.56. The van der Waals surface area contributed by atoms with Crippen LogP contribution in [-0.4, -0.2) is 22.0 Å². The Morgan fingerprint density at radius 3 is 2.50 bits per heavy atom. The summed E-state index contributed by atoms with van der Waals surface area (Å²) in [5.74, 6) is -2.01. The number of carboxylic acid groups (broad SMARTS) is 1. The zero-order chi connectivity index (χ0) is 13.9. The fourth-order valence-electron chi connectivity index (χ4n) is 1.56. The molecule has 1 aromatic rings. The Labute approximate surface area is 102 Å². The van der Waals surface area contributed by atoms with Crippen LogP contribution in [0.5, 0.6) is 5.75 Å². The summed E-state index contributed by atoms with van der Waals surface area (Å²) in [7, 11) is 0. The van der Waals surface area contributed by atoms with Crippen molar-refractivity contribution in [2.75, 3.05) is 0 Å². The molecule has 0 bridgehead atoms. The largest absolute Gasteiger partial charge is 0.481 e. The van der Waals surface area contributed by atoms with E-state index in [4.69, 9.17) is 9.84 Å². The maximum Gasteiger partial charge on any atom is 0.314 e. The minimum absolute atomic E-state index is 0.233. The third-order valence-electron chi connectivity index (χ3n) is 2.12. The average Bonchev–Trinajstić information content (AvgIpc) is 2.12. The molecule has 1 aromatic carbocycles. The monoisotopic (exact) mass is 253 g/mol. The summed E-state index contributed by atoms with van der Waals surface area (Å²) in [5.41, 5.74) is 0.246. The molecule has 0 radical (unpaired) electrons. The van der Waals surface area contributed by atoms with Gasteiger partial charge in [-0.3, -0.25) is 19.7 Å². The molecule has 7 heteroatoms. The number of benzene rings is 1. The van der Waals surface area contributed by atoms with Gasteiger partial charge < -0.3 is 9.84 Å². The molecule has 7 nitrogen and oxygen atoms in total. The number of nitro benzene ring substituents is 1. The number of aliphatic carboxylic acids is 1. The molecule has 0 saturated carbocycles. The molecular formula is C11H11NO6. The molecule has 1 N–H and O–H groups in total. The smallest absolute Gasteiger partial charge is 0.314 e. The van der Waals surface area contributed by atoms with E-state index in [1.165, 1.54) is 19.1 Å². The first kappa shape index (κ1) is 13.6. The number of carboxylic acids is 1. The Hall–Kier alpha value is -2.44. The molecular weight excluding hydrogens is 242 g/mol. The van der Waals surface area contributed by atoms with Gasteiger partial charge in [0.05, 0.1) is 11.3 Å². The predicted octanol–water partition coefficient (Wildman–Crippen LogP) is 1.46. The van der Waals surface area contributed by atoms with E-state index < -0.39 is 16.9 Å². The Kier molecular flexibility index (Phi) is 3.98. The van der Waals surface area contributed by atoms with Crippen LogP contribution in [0.25, 0.3) is 0 Å². The van der Waals surface area contributed by atoms with Gasteiger partial charge in [-0.25, -0.2) is 0 Å². The number of hydrogen-bond acceptors (Lipinski definition) is 5. The van der Waals surface area contributed by atoms with Crippen molar-refractivity contribution in [2.24, 2.45) is 0 Å². The second-order valence-corrected chi connectivity index (χ2v) is 3.68. The number of carbonyl (C=O) groups excluding carboxylic acids is 1. The summed E-state index contributed by atoms with van der Waals surface area (Å²) in [6, 6.07) is 2.58. The number of esters is 1. The van der Waals surface area contributed by atoms with E-state index in [-0.39, 0.29) is 23.4 Å². The van der Waals surface area contributed by atoms with E-state index in [0.29, 0.717) is 5.56 Å². The number of hydrogen-bond donors (Lipinski definition) is 1. The van der Waals surface area contributed by atoms with Crippen LogP contribution in [0.15, 0.2) is 12.1 Å². The summed E-state index contributed by atoms with van der Waals surface area (Å²) < 4.78 is 4.74. The van der Waals surface area contributed by atoms with Gasteiger partial charge in [0.2, 0.25) is 5.75 Å². The van der Waals surface area contributed by atoms with Crippen molar-refractivity contribution in [2.45, 2.75) is 20.3 Å². The van der Waals surface area contributed by atoms with Gasteiger partial charge in [0.15, 0.2) is 0 Å². The summed E-state index contributed by atoms with van der Waals surface area (Å²) in [4.78, 5) is 31.6. The number of ether oxygens (including phenoxy) is 1. The van der Waals surface area contributed by atoms with Gasteiger partial charge in [0.1, 0.15) is 0 Å². The van der Waals surface area contributed by atoms with Crippen LogP contribution >= 0.6 is 0 Å². The Bertz CT molecular complexity index is 523. The van der Waals surface area contributed by atoms with E-state index in [2.05, 4.69) is 0 Å². The lowest BCUT2D eigenvalue weighted by atomic mass is 10.1. The summed E-state index contributed by atoms with van der Waals surface area (Å²) in [6.07, 6.45) is -0.299. The third kappa shape index (κ3) is 3.27. The van der Waals surface area contributed by atoms with Crippen LogP contribution in [0.1, 0.15) is 18.1 Å². The molecule has 96 valence electrons. The zero-order valence-electron chi connectivity index (χ0n) is 9.80. The lowest BCUT2D eigenvalue weighted by molar-refractivity contribution is -0.386. The Morgan fingerprint density at radius 1 is 1.44 bits per heavy atom. The van der Waals surface area contributed by atoms with Crippen molar-refractivity contribution in [3.05, 3.63) is 33.4 Å². The van der Waals surface area contributed by atoms with Crippen LogP contribution < -0.4 is 4.74 Å². The van der Waals surface area contributed by atoms with Gasteiger partial charge >= 0.3 is 17.6 Å². The lowest BCUT2D eigenvalue weighted by Gasteiger charge is -2.07. The first-order valence-corrected chi connectivity index (χ1v) is 4.99. The van der Waals surface area contributed by atoms with E-state index in [1.807, 2.05) is 0 Å². The molecule has 18 heavy (non-hydrogen) atoms. The maximum atomic E-state index is 10.9. The fraction of sp³-hybridized carbons (Fsp3) is 0.273. The molecule has 0 unspecified atom stereocenters. The van der Waals surface area contributed by atoms with Crippen LogP contribution in [0.4, 0.5) is 5.69 Å². The Balaban J connectivity index is 3.31. The predicted molar refractivity (Wildman–Crippen MR) is 60.5 cm³/mol. The minimum atomic E-state index is -1.07. The number of nitrogens with zero attached hydrogens (tertiary/aromatic N) is 1. The molecule has 0 saturated heterocycles. The van der Waals surface area contributed by atoms with E-state index >= 15 is 0 Å². The van der Waals surface area contributed by atoms with Crippen LogP contribution in [0.3, 0.4) is 0 Å². The molecule has 0 fully saturated rings. The number of aryl methyl sites for hydroxylation is 1. The van der Waals surface area contributed by atoms with Gasteiger partial charge in [-0.2, -0.15) is 0 Å². The molecule has 0 atom stereocenters. The molecule has 0 heterocycles. The van der Waals surface area contributed by atoms with Crippen LogP contribution in [0.2, 0.25) is 0 Å². The Morgan fingerprint density at radius 2 is 2.06 bits per heavy atom. The maximum absolute atomic E-state index is 10.9. The quantitative estimate of drug-likeness (QED) is 0.376. The molecule has 0 aliphatic carbocycles. The van der Waals surface area contributed by atoms with Crippen molar-refractivity contribution in [3.8, 4) is 5.75 Å². The third-order valence-corrected chi connectivity index (χ3v) is 2.12. The first-order valence-electron chi connectivity index (χ1n) is 4.99. The van der Waals surface area contributed by atoms with Crippen LogP contribution in [0, 0.1) is 17.0 Å². The van der Waals surface area contributed by atoms with Crippen LogP contribution in [-0.2, 0) is 16.0 Å². The summed E-state index contributed by atoms with van der Waals surface area (Å²) in [6.45, 7) is 2.57. The average molecular weight is 253 g/mol. The van der Waals surface area contributed by atoms with Crippen molar-refractivity contribution in [3.63, 3.8) is 0 Å². The van der Waals surface area contributed by atoms with Gasteiger partial charge in [-0.1, -0.05) is 0 Å². The highest BCUT2D eigenvalue weighted by Crippen LogP contribution is 2.32. The van der Waals surface area contributed by atoms with Gasteiger partial charge in [0, 0.05) is 12.5 Å². The highest BCUT2D eigenvalue weighted by molar-refractivity contribution is 5.74. The molecule has 0 spiro atoms. The molecule has 1 rings (SSSR count). The van der Waals surface area contributed by atoms with Gasteiger partial charge in [-0.05, 0) is 24.6 Å². The van der Waals surface area contributed by atoms with E-state index in [1.54, 1.807) is 0 Å². The van der Waals surface area contributed by atoms with Crippen molar-refractivity contribution >= 4 is 17.6 Å². The molecule has 0 aliphatic heterocycles. The number of nitro groups is 1. The second-order valence-electron chi connectivity index (χ2n) is 3.68. The van der Waals surface area contributed by atoms with Crippen molar-refractivity contribution in [1.29, 1.82) is 0 Å². The van der Waals surface area contributed by atoms with E-state index in [9.17, 15) is 19.7 Å². The highest BCUT2D eigenvalue weighted by Gasteiger charge is 2.22.